The summed E-state index contributed by atoms with van der Waals surface area (Å²) in [6, 6.07) is 13.6. The fourth-order valence-electron chi connectivity index (χ4n) is 3.50. The lowest BCUT2D eigenvalue weighted by atomic mass is 10.0. The maximum atomic E-state index is 6.23. The molecular formula is C19H20Cl2N5O+. The van der Waals surface area contributed by atoms with Crippen molar-refractivity contribution in [3.8, 4) is 5.69 Å². The van der Waals surface area contributed by atoms with E-state index in [2.05, 4.69) is 15.5 Å². The van der Waals surface area contributed by atoms with Crippen LogP contribution in [0.15, 0.2) is 42.5 Å². The van der Waals surface area contributed by atoms with Gasteiger partial charge in [0.25, 0.3) is 0 Å². The predicted molar refractivity (Wildman–Crippen MR) is 104 cm³/mol. The Labute approximate surface area is 167 Å². The summed E-state index contributed by atoms with van der Waals surface area (Å²) in [5.74, 6) is 0.777. The fourth-order valence-corrected chi connectivity index (χ4v) is 3.79. The van der Waals surface area contributed by atoms with Crippen molar-refractivity contribution in [2.75, 3.05) is 26.3 Å². The van der Waals surface area contributed by atoms with Crippen molar-refractivity contribution in [2.45, 2.75) is 13.0 Å². The second-order valence-corrected chi connectivity index (χ2v) is 7.51. The molecule has 1 N–H and O–H groups in total. The summed E-state index contributed by atoms with van der Waals surface area (Å²) < 4.78 is 7.35. The number of aryl methyl sites for hydroxylation is 1. The van der Waals surface area contributed by atoms with E-state index in [4.69, 9.17) is 27.9 Å². The van der Waals surface area contributed by atoms with Gasteiger partial charge < -0.3 is 9.64 Å². The van der Waals surface area contributed by atoms with Gasteiger partial charge in [-0.2, -0.15) is 4.68 Å². The highest BCUT2D eigenvalue weighted by Gasteiger charge is 2.33. The number of nitrogens with zero attached hydrogens (tertiary/aromatic N) is 4. The van der Waals surface area contributed by atoms with Gasteiger partial charge in [-0.25, -0.2) is 0 Å². The van der Waals surface area contributed by atoms with E-state index in [9.17, 15) is 0 Å². The molecule has 1 atom stereocenters. The average Bonchev–Trinajstić information content (AvgIpc) is 3.15. The van der Waals surface area contributed by atoms with Crippen LogP contribution >= 0.6 is 23.2 Å². The highest BCUT2D eigenvalue weighted by molar-refractivity contribution is 6.31. The van der Waals surface area contributed by atoms with Crippen LogP contribution in [-0.4, -0.2) is 46.5 Å². The summed E-state index contributed by atoms with van der Waals surface area (Å²) >= 11 is 12.3. The first-order chi connectivity index (χ1) is 13.1. The Kier molecular flexibility index (Phi) is 5.41. The number of benzene rings is 2. The van der Waals surface area contributed by atoms with Gasteiger partial charge in [0.1, 0.15) is 13.1 Å². The Bertz CT molecular complexity index is 922. The summed E-state index contributed by atoms with van der Waals surface area (Å²) in [5.41, 5.74) is 3.06. The number of tetrazole rings is 1. The van der Waals surface area contributed by atoms with Crippen molar-refractivity contribution in [1.82, 2.24) is 20.2 Å². The molecule has 140 valence electrons. The van der Waals surface area contributed by atoms with Crippen LogP contribution in [0.1, 0.15) is 23.0 Å². The predicted octanol–water partition coefficient (Wildman–Crippen LogP) is 2.28. The van der Waals surface area contributed by atoms with E-state index < -0.39 is 0 Å². The SMILES string of the molecule is Cc1ccc(Cl)cc1-n1nnnc1[C@@H](c1ccc(Cl)cc1)[NH+]1CCOCC1. The van der Waals surface area contributed by atoms with Gasteiger partial charge in [0.05, 0.1) is 18.9 Å². The van der Waals surface area contributed by atoms with Crippen LogP contribution in [0, 0.1) is 6.92 Å². The number of morpholine rings is 1. The maximum absolute atomic E-state index is 6.23. The zero-order valence-corrected chi connectivity index (χ0v) is 16.4. The summed E-state index contributed by atoms with van der Waals surface area (Å²) in [6.07, 6.45) is 0. The lowest BCUT2D eigenvalue weighted by Crippen LogP contribution is -3.14. The molecule has 0 saturated carbocycles. The van der Waals surface area contributed by atoms with Crippen molar-refractivity contribution in [3.05, 3.63) is 69.5 Å². The molecule has 1 saturated heterocycles. The van der Waals surface area contributed by atoms with Crippen molar-refractivity contribution >= 4 is 23.2 Å². The van der Waals surface area contributed by atoms with E-state index in [-0.39, 0.29) is 6.04 Å². The number of rotatable bonds is 4. The molecular weight excluding hydrogens is 385 g/mol. The van der Waals surface area contributed by atoms with Crippen LogP contribution in [0.2, 0.25) is 10.0 Å². The molecule has 2 heterocycles. The molecule has 0 unspecified atom stereocenters. The average molecular weight is 405 g/mol. The minimum Gasteiger partial charge on any atom is -0.370 e. The molecule has 6 nitrogen and oxygen atoms in total. The van der Waals surface area contributed by atoms with Crippen molar-refractivity contribution in [1.29, 1.82) is 0 Å². The van der Waals surface area contributed by atoms with E-state index in [0.717, 1.165) is 48.9 Å². The third-order valence-corrected chi connectivity index (χ3v) is 5.38. The van der Waals surface area contributed by atoms with Gasteiger partial charge in [0.15, 0.2) is 6.04 Å². The van der Waals surface area contributed by atoms with Crippen LogP contribution in [0.5, 0.6) is 0 Å². The van der Waals surface area contributed by atoms with E-state index in [1.165, 1.54) is 4.90 Å². The molecule has 2 aromatic carbocycles. The molecule has 0 radical (unpaired) electrons. The Morgan fingerprint density at radius 1 is 1.04 bits per heavy atom. The highest BCUT2D eigenvalue weighted by Crippen LogP contribution is 2.24. The van der Waals surface area contributed by atoms with Gasteiger partial charge in [-0.3, -0.25) is 0 Å². The van der Waals surface area contributed by atoms with Gasteiger partial charge in [-0.05, 0) is 47.2 Å². The first kappa shape index (κ1) is 18.4. The maximum Gasteiger partial charge on any atom is 0.219 e. The molecule has 1 aliphatic rings. The summed E-state index contributed by atoms with van der Waals surface area (Å²) in [6.45, 7) is 5.23. The second kappa shape index (κ2) is 7.94. The van der Waals surface area contributed by atoms with Crippen LogP contribution in [-0.2, 0) is 4.74 Å². The van der Waals surface area contributed by atoms with Gasteiger partial charge >= 0.3 is 0 Å². The monoisotopic (exact) mass is 404 g/mol. The van der Waals surface area contributed by atoms with E-state index in [1.54, 1.807) is 4.68 Å². The largest absolute Gasteiger partial charge is 0.370 e. The first-order valence-corrected chi connectivity index (χ1v) is 9.61. The molecule has 4 rings (SSSR count). The summed E-state index contributed by atoms with van der Waals surface area (Å²) in [5, 5.41) is 14.0. The zero-order chi connectivity index (χ0) is 18.8. The third-order valence-electron chi connectivity index (χ3n) is 4.90. The highest BCUT2D eigenvalue weighted by atomic mass is 35.5. The zero-order valence-electron chi connectivity index (χ0n) is 14.9. The minimum absolute atomic E-state index is 0.0282. The quantitative estimate of drug-likeness (QED) is 0.724. The molecule has 0 amide bonds. The van der Waals surface area contributed by atoms with Crippen molar-refractivity contribution in [2.24, 2.45) is 0 Å². The normalized spacial score (nSPS) is 16.4. The summed E-state index contributed by atoms with van der Waals surface area (Å²) in [7, 11) is 0. The number of ether oxygens (including phenoxy) is 1. The lowest BCUT2D eigenvalue weighted by Gasteiger charge is -2.31. The Hall–Kier alpha value is -1.99. The smallest absolute Gasteiger partial charge is 0.219 e. The standard InChI is InChI=1S/C19H19Cl2N5O/c1-13-2-5-16(21)12-17(13)26-19(22-23-24-26)18(25-8-10-27-11-9-25)14-3-6-15(20)7-4-14/h2-7,12,18H,8-11H2,1H3/p+1/t18-/m1/s1. The van der Waals surface area contributed by atoms with Crippen LogP contribution < -0.4 is 4.90 Å². The number of aromatic nitrogens is 4. The molecule has 0 spiro atoms. The van der Waals surface area contributed by atoms with Crippen LogP contribution in [0.4, 0.5) is 0 Å². The molecule has 0 aliphatic carbocycles. The fraction of sp³-hybridized carbons (Fsp3) is 0.316. The Morgan fingerprint density at radius 2 is 1.74 bits per heavy atom. The number of halogens is 2. The number of hydrogen-bond donors (Lipinski definition) is 1. The molecule has 8 heteroatoms. The first-order valence-electron chi connectivity index (χ1n) is 8.86. The summed E-state index contributed by atoms with van der Waals surface area (Å²) in [4.78, 5) is 1.36. The molecule has 1 aromatic heterocycles. The van der Waals surface area contributed by atoms with Gasteiger partial charge in [0.2, 0.25) is 5.82 Å². The molecule has 27 heavy (non-hydrogen) atoms. The topological polar surface area (TPSA) is 57.3 Å². The molecule has 3 aromatic rings. The minimum atomic E-state index is -0.0282. The second-order valence-electron chi connectivity index (χ2n) is 6.63. The number of hydrogen-bond acceptors (Lipinski definition) is 4. The van der Waals surface area contributed by atoms with Gasteiger partial charge in [-0.1, -0.05) is 41.4 Å². The van der Waals surface area contributed by atoms with E-state index in [1.807, 2.05) is 49.4 Å². The van der Waals surface area contributed by atoms with Crippen molar-refractivity contribution < 1.29 is 9.64 Å². The Balaban J connectivity index is 1.82. The number of nitrogens with one attached hydrogen (secondary N) is 1. The molecule has 1 aliphatic heterocycles. The molecule has 1 fully saturated rings. The van der Waals surface area contributed by atoms with Gasteiger partial charge in [0, 0.05) is 15.6 Å². The third kappa shape index (κ3) is 3.84. The van der Waals surface area contributed by atoms with Crippen molar-refractivity contribution in [3.63, 3.8) is 0 Å². The Morgan fingerprint density at radius 3 is 2.48 bits per heavy atom. The van der Waals surface area contributed by atoms with Gasteiger partial charge in [-0.15, -0.1) is 5.10 Å². The van der Waals surface area contributed by atoms with E-state index in [0.29, 0.717) is 10.0 Å². The molecule has 0 bridgehead atoms. The van der Waals surface area contributed by atoms with E-state index >= 15 is 0 Å². The number of quaternary nitrogens is 1. The van der Waals surface area contributed by atoms with Crippen LogP contribution in [0.3, 0.4) is 0 Å². The lowest BCUT2D eigenvalue weighted by molar-refractivity contribution is -0.933. The van der Waals surface area contributed by atoms with Crippen LogP contribution in [0.25, 0.3) is 5.69 Å².